The van der Waals surface area contributed by atoms with Crippen molar-refractivity contribution in [1.82, 2.24) is 5.32 Å². The predicted molar refractivity (Wildman–Crippen MR) is 88.4 cm³/mol. The Hall–Kier alpha value is -1.43. The minimum absolute atomic E-state index is 0.0235. The lowest BCUT2D eigenvalue weighted by atomic mass is 9.93. The van der Waals surface area contributed by atoms with Gasteiger partial charge in [0.2, 0.25) is 0 Å². The Morgan fingerprint density at radius 1 is 1.48 bits per heavy atom. The topological polar surface area (TPSA) is 76.4 Å². The van der Waals surface area contributed by atoms with Crippen LogP contribution in [0.3, 0.4) is 0 Å². The summed E-state index contributed by atoms with van der Waals surface area (Å²) in [5.74, 6) is 0.512. The molecule has 1 amide bonds. The number of rotatable bonds is 7. The zero-order chi connectivity index (χ0) is 15.4. The van der Waals surface area contributed by atoms with Gasteiger partial charge in [-0.25, -0.2) is 0 Å². The zero-order valence-corrected chi connectivity index (χ0v) is 13.8. The molecule has 2 rings (SSSR count). The minimum Gasteiger partial charge on any atom is -0.486 e. The van der Waals surface area contributed by atoms with E-state index in [4.69, 9.17) is 10.5 Å². The van der Waals surface area contributed by atoms with Gasteiger partial charge in [0.25, 0.3) is 5.91 Å². The summed E-state index contributed by atoms with van der Waals surface area (Å²) in [6.07, 6.45) is 4.50. The van der Waals surface area contributed by atoms with Crippen LogP contribution in [0.25, 0.3) is 0 Å². The fraction of sp³-hybridized carbons (Fsp3) is 0.667. The van der Waals surface area contributed by atoms with E-state index in [1.165, 1.54) is 17.8 Å². The second kappa shape index (κ2) is 7.02. The molecule has 0 spiro atoms. The number of nitrogens with two attached hydrogens (primary N) is 1. The quantitative estimate of drug-likeness (QED) is 0.722. The monoisotopic (exact) mass is 311 g/mol. The first-order valence-corrected chi connectivity index (χ1v) is 8.48. The van der Waals surface area contributed by atoms with Gasteiger partial charge in [0.15, 0.2) is 5.75 Å². The zero-order valence-electron chi connectivity index (χ0n) is 13.0. The van der Waals surface area contributed by atoms with Crippen molar-refractivity contribution in [2.75, 3.05) is 17.6 Å². The molecule has 0 bridgehead atoms. The molecule has 118 valence electrons. The van der Waals surface area contributed by atoms with E-state index in [0.717, 1.165) is 24.3 Å². The first kappa shape index (κ1) is 15.9. The van der Waals surface area contributed by atoms with E-state index in [0.29, 0.717) is 28.9 Å². The maximum Gasteiger partial charge on any atom is 0.263 e. The molecule has 21 heavy (non-hydrogen) atoms. The standard InChI is InChI=1S/C15H25N3O2S/c1-4-8-17-14(19)13-11(16)12(20-9(2)3)15(21-13)18-10-6-5-7-10/h9-10,18H,4-8,16H2,1-3H3,(H,17,19). The van der Waals surface area contributed by atoms with Crippen LogP contribution >= 0.6 is 11.3 Å². The largest absolute Gasteiger partial charge is 0.486 e. The lowest BCUT2D eigenvalue weighted by Gasteiger charge is -2.27. The highest BCUT2D eigenvalue weighted by molar-refractivity contribution is 7.19. The van der Waals surface area contributed by atoms with Crippen LogP contribution < -0.4 is 21.1 Å². The highest BCUT2D eigenvalue weighted by atomic mass is 32.1. The van der Waals surface area contributed by atoms with Gasteiger partial charge in [-0.1, -0.05) is 6.92 Å². The number of ether oxygens (including phenoxy) is 1. The molecule has 0 aromatic carbocycles. The summed E-state index contributed by atoms with van der Waals surface area (Å²) in [7, 11) is 0. The highest BCUT2D eigenvalue weighted by Gasteiger charge is 2.26. The maximum absolute atomic E-state index is 12.2. The molecule has 0 atom stereocenters. The van der Waals surface area contributed by atoms with Crippen molar-refractivity contribution in [2.45, 2.75) is 58.6 Å². The van der Waals surface area contributed by atoms with E-state index in [1.54, 1.807) is 0 Å². The van der Waals surface area contributed by atoms with E-state index in [-0.39, 0.29) is 12.0 Å². The Balaban J connectivity index is 2.22. The van der Waals surface area contributed by atoms with Gasteiger partial charge in [-0.15, -0.1) is 11.3 Å². The minimum atomic E-state index is -0.116. The van der Waals surface area contributed by atoms with Crippen molar-refractivity contribution in [1.29, 1.82) is 0 Å². The average molecular weight is 311 g/mol. The van der Waals surface area contributed by atoms with Crippen molar-refractivity contribution in [3.8, 4) is 5.75 Å². The number of carbonyl (C=O) groups excluding carboxylic acids is 1. The van der Waals surface area contributed by atoms with E-state index in [9.17, 15) is 4.79 Å². The Bertz CT molecular complexity index is 495. The third-order valence-electron chi connectivity index (χ3n) is 3.44. The first-order chi connectivity index (χ1) is 10.0. The van der Waals surface area contributed by atoms with Gasteiger partial charge < -0.3 is 21.1 Å². The van der Waals surface area contributed by atoms with Crippen LogP contribution in [0.15, 0.2) is 0 Å². The molecule has 6 heteroatoms. The van der Waals surface area contributed by atoms with E-state index >= 15 is 0 Å². The van der Waals surface area contributed by atoms with Crippen molar-refractivity contribution < 1.29 is 9.53 Å². The van der Waals surface area contributed by atoms with Gasteiger partial charge in [0.05, 0.1) is 6.10 Å². The van der Waals surface area contributed by atoms with Crippen LogP contribution in [0.5, 0.6) is 5.75 Å². The summed E-state index contributed by atoms with van der Waals surface area (Å²) in [5, 5.41) is 7.21. The Morgan fingerprint density at radius 3 is 2.71 bits per heavy atom. The Morgan fingerprint density at radius 2 is 2.19 bits per heavy atom. The second-order valence-corrected chi connectivity index (χ2v) is 6.72. The molecule has 0 radical (unpaired) electrons. The molecule has 0 saturated heterocycles. The van der Waals surface area contributed by atoms with Crippen LogP contribution in [0.2, 0.25) is 0 Å². The smallest absolute Gasteiger partial charge is 0.263 e. The normalized spacial score (nSPS) is 14.9. The van der Waals surface area contributed by atoms with Crippen molar-refractivity contribution in [2.24, 2.45) is 0 Å². The molecule has 1 aromatic heterocycles. The molecule has 4 N–H and O–H groups in total. The number of thiophene rings is 1. The van der Waals surface area contributed by atoms with Crippen molar-refractivity contribution >= 4 is 27.9 Å². The van der Waals surface area contributed by atoms with Gasteiger partial charge in [-0.05, 0) is 39.5 Å². The number of anilines is 2. The van der Waals surface area contributed by atoms with Crippen LogP contribution in [-0.2, 0) is 0 Å². The molecule has 1 saturated carbocycles. The molecule has 1 heterocycles. The number of nitrogens with one attached hydrogen (secondary N) is 2. The second-order valence-electron chi connectivity index (χ2n) is 5.70. The average Bonchev–Trinajstić information content (AvgIpc) is 2.68. The summed E-state index contributed by atoms with van der Waals surface area (Å²) in [6.45, 7) is 6.60. The third kappa shape index (κ3) is 3.81. The van der Waals surface area contributed by atoms with Crippen molar-refractivity contribution in [3.63, 3.8) is 0 Å². The van der Waals surface area contributed by atoms with Crippen molar-refractivity contribution in [3.05, 3.63) is 4.88 Å². The third-order valence-corrected chi connectivity index (χ3v) is 4.55. The highest BCUT2D eigenvalue weighted by Crippen LogP contribution is 2.44. The fourth-order valence-corrected chi connectivity index (χ4v) is 3.15. The number of hydrogen-bond acceptors (Lipinski definition) is 5. The van der Waals surface area contributed by atoms with E-state index < -0.39 is 0 Å². The number of amides is 1. The van der Waals surface area contributed by atoms with Crippen LogP contribution in [0.4, 0.5) is 10.7 Å². The van der Waals surface area contributed by atoms with Crippen LogP contribution in [0, 0.1) is 0 Å². The first-order valence-electron chi connectivity index (χ1n) is 7.66. The summed E-state index contributed by atoms with van der Waals surface area (Å²) >= 11 is 1.39. The van der Waals surface area contributed by atoms with Gasteiger partial charge in [-0.3, -0.25) is 4.79 Å². The molecular formula is C15H25N3O2S. The van der Waals surface area contributed by atoms with Crippen LogP contribution in [0.1, 0.15) is 56.1 Å². The Labute approximate surface area is 130 Å². The molecular weight excluding hydrogens is 286 g/mol. The summed E-state index contributed by atoms with van der Waals surface area (Å²) in [6, 6.07) is 0.476. The Kier molecular flexibility index (Phi) is 5.33. The molecule has 1 aliphatic carbocycles. The molecule has 0 unspecified atom stereocenters. The molecule has 1 aromatic rings. The fourth-order valence-electron chi connectivity index (χ4n) is 2.10. The lowest BCUT2D eigenvalue weighted by molar-refractivity contribution is 0.0958. The maximum atomic E-state index is 12.2. The SMILES string of the molecule is CCCNC(=O)c1sc(NC2CCC2)c(OC(C)C)c1N. The summed E-state index contributed by atoms with van der Waals surface area (Å²) < 4.78 is 5.82. The van der Waals surface area contributed by atoms with E-state index in [2.05, 4.69) is 10.6 Å². The van der Waals surface area contributed by atoms with Gasteiger partial charge in [0.1, 0.15) is 15.6 Å². The van der Waals surface area contributed by atoms with Gasteiger partial charge >= 0.3 is 0 Å². The van der Waals surface area contributed by atoms with E-state index in [1.807, 2.05) is 20.8 Å². The predicted octanol–water partition coefficient (Wildman–Crippen LogP) is 3.22. The molecule has 0 aliphatic heterocycles. The van der Waals surface area contributed by atoms with Crippen LogP contribution in [-0.4, -0.2) is 24.6 Å². The summed E-state index contributed by atoms with van der Waals surface area (Å²) in [5.41, 5.74) is 6.59. The molecule has 5 nitrogen and oxygen atoms in total. The number of carbonyl (C=O) groups is 1. The van der Waals surface area contributed by atoms with Gasteiger partial charge in [-0.2, -0.15) is 0 Å². The lowest BCUT2D eigenvalue weighted by Crippen LogP contribution is -2.26. The number of hydrogen-bond donors (Lipinski definition) is 3. The molecule has 1 aliphatic rings. The summed E-state index contributed by atoms with van der Waals surface area (Å²) in [4.78, 5) is 12.7. The molecule has 1 fully saturated rings. The number of nitrogen functional groups attached to an aromatic ring is 1. The van der Waals surface area contributed by atoms with Gasteiger partial charge in [0, 0.05) is 12.6 Å².